The molecule has 1 unspecified atom stereocenters. The maximum Gasteiger partial charge on any atom is 0.335 e. The van der Waals surface area contributed by atoms with Crippen LogP contribution in [0.2, 0.25) is 0 Å². The molecule has 0 aliphatic heterocycles. The van der Waals surface area contributed by atoms with Crippen LogP contribution in [0.4, 0.5) is 0 Å². The van der Waals surface area contributed by atoms with E-state index in [9.17, 15) is 9.90 Å². The number of carbonyl (C=O) groups is 1. The first-order valence-corrected chi connectivity index (χ1v) is 6.24. The average Bonchev–Trinajstić information content (AvgIpc) is 2.30. The van der Waals surface area contributed by atoms with Gasteiger partial charge in [0, 0.05) is 17.6 Å². The maximum absolute atomic E-state index is 10.7. The van der Waals surface area contributed by atoms with Gasteiger partial charge in [-0.25, -0.2) is 4.79 Å². The molecule has 4 nitrogen and oxygen atoms in total. The topological polar surface area (TPSA) is 69.6 Å². The summed E-state index contributed by atoms with van der Waals surface area (Å²) in [6.45, 7) is 3.05. The number of benzene rings is 1. The van der Waals surface area contributed by atoms with Gasteiger partial charge in [-0.1, -0.05) is 28.9 Å². The van der Waals surface area contributed by atoms with Crippen LogP contribution in [0.15, 0.2) is 22.7 Å². The summed E-state index contributed by atoms with van der Waals surface area (Å²) in [4.78, 5) is 10.7. The van der Waals surface area contributed by atoms with E-state index < -0.39 is 5.97 Å². The van der Waals surface area contributed by atoms with E-state index in [0.717, 1.165) is 10.0 Å². The van der Waals surface area contributed by atoms with E-state index in [-0.39, 0.29) is 11.7 Å². The van der Waals surface area contributed by atoms with Crippen LogP contribution in [-0.2, 0) is 6.54 Å². The van der Waals surface area contributed by atoms with Crippen molar-refractivity contribution in [3.63, 3.8) is 0 Å². The highest BCUT2D eigenvalue weighted by Crippen LogP contribution is 2.18. The molecule has 0 bridgehead atoms. The molecule has 1 aromatic carbocycles. The zero-order valence-electron chi connectivity index (χ0n) is 9.61. The number of aliphatic hydroxyl groups is 1. The lowest BCUT2D eigenvalue weighted by atomic mass is 10.1. The average molecular weight is 302 g/mol. The maximum atomic E-state index is 10.7. The van der Waals surface area contributed by atoms with Gasteiger partial charge in [-0.2, -0.15) is 0 Å². The second-order valence-electron chi connectivity index (χ2n) is 3.80. The van der Waals surface area contributed by atoms with Crippen LogP contribution in [-0.4, -0.2) is 28.8 Å². The Kier molecular flexibility index (Phi) is 5.61. The van der Waals surface area contributed by atoms with E-state index in [1.807, 2.05) is 6.92 Å². The van der Waals surface area contributed by atoms with Gasteiger partial charge in [0.15, 0.2) is 0 Å². The lowest BCUT2D eigenvalue weighted by Crippen LogP contribution is -2.25. The van der Waals surface area contributed by atoms with Crippen molar-refractivity contribution in [3.8, 4) is 0 Å². The van der Waals surface area contributed by atoms with E-state index in [1.54, 1.807) is 18.2 Å². The fourth-order valence-electron chi connectivity index (χ4n) is 1.34. The quantitative estimate of drug-likeness (QED) is 0.752. The van der Waals surface area contributed by atoms with Crippen LogP contribution in [0.5, 0.6) is 0 Å². The van der Waals surface area contributed by atoms with E-state index in [4.69, 9.17) is 5.11 Å². The minimum absolute atomic E-state index is 0.259. The first kappa shape index (κ1) is 14.2. The number of nitrogens with one attached hydrogen (secondary N) is 1. The van der Waals surface area contributed by atoms with Crippen LogP contribution in [0.1, 0.15) is 29.3 Å². The van der Waals surface area contributed by atoms with Crippen molar-refractivity contribution in [1.29, 1.82) is 0 Å². The molecular formula is C12H16BrNO3. The molecule has 0 aliphatic carbocycles. The standard InChI is InChI=1S/C12H16BrNO3/c1-2-10(15)7-14-6-9-4-3-8(12(16)17)5-11(9)13/h3-5,10,14-15H,2,6-7H2,1H3,(H,16,17). The molecule has 0 radical (unpaired) electrons. The van der Waals surface area contributed by atoms with Crippen molar-refractivity contribution < 1.29 is 15.0 Å². The van der Waals surface area contributed by atoms with Crippen molar-refractivity contribution in [2.24, 2.45) is 0 Å². The Morgan fingerprint density at radius 2 is 2.24 bits per heavy atom. The van der Waals surface area contributed by atoms with Gasteiger partial charge in [0.1, 0.15) is 0 Å². The molecule has 0 saturated carbocycles. The smallest absolute Gasteiger partial charge is 0.335 e. The Balaban J connectivity index is 2.57. The highest BCUT2D eigenvalue weighted by Gasteiger charge is 2.07. The number of rotatable bonds is 6. The molecule has 0 spiro atoms. The summed E-state index contributed by atoms with van der Waals surface area (Å²) in [5.74, 6) is -0.938. The summed E-state index contributed by atoms with van der Waals surface area (Å²) < 4.78 is 0.760. The monoisotopic (exact) mass is 301 g/mol. The first-order valence-electron chi connectivity index (χ1n) is 5.45. The molecule has 94 valence electrons. The molecule has 17 heavy (non-hydrogen) atoms. The Labute approximate surface area is 109 Å². The van der Waals surface area contributed by atoms with Gasteiger partial charge in [0.25, 0.3) is 0 Å². The van der Waals surface area contributed by atoms with Crippen molar-refractivity contribution in [3.05, 3.63) is 33.8 Å². The fourth-order valence-corrected chi connectivity index (χ4v) is 1.86. The summed E-state index contributed by atoms with van der Waals surface area (Å²) >= 11 is 3.33. The number of hydrogen-bond donors (Lipinski definition) is 3. The van der Waals surface area contributed by atoms with Gasteiger partial charge in [-0.05, 0) is 24.1 Å². The number of carboxylic acid groups (broad SMARTS) is 1. The van der Waals surface area contributed by atoms with Gasteiger partial charge in [0.2, 0.25) is 0 Å². The second-order valence-corrected chi connectivity index (χ2v) is 4.66. The number of aliphatic hydroxyl groups excluding tert-OH is 1. The predicted molar refractivity (Wildman–Crippen MR) is 69.1 cm³/mol. The van der Waals surface area contributed by atoms with E-state index >= 15 is 0 Å². The Hall–Kier alpha value is -0.910. The number of carboxylic acids is 1. The Morgan fingerprint density at radius 1 is 1.53 bits per heavy atom. The van der Waals surface area contributed by atoms with Crippen LogP contribution in [0, 0.1) is 0 Å². The fraction of sp³-hybridized carbons (Fsp3) is 0.417. The molecule has 0 aliphatic rings. The van der Waals surface area contributed by atoms with Gasteiger partial charge >= 0.3 is 5.97 Å². The van der Waals surface area contributed by atoms with Crippen LogP contribution >= 0.6 is 15.9 Å². The molecule has 1 atom stereocenters. The van der Waals surface area contributed by atoms with Gasteiger partial charge in [-0.3, -0.25) is 0 Å². The molecule has 1 rings (SSSR count). The first-order chi connectivity index (χ1) is 8.04. The van der Waals surface area contributed by atoms with Gasteiger partial charge in [0.05, 0.1) is 11.7 Å². The van der Waals surface area contributed by atoms with Gasteiger partial charge < -0.3 is 15.5 Å². The van der Waals surface area contributed by atoms with Gasteiger partial charge in [-0.15, -0.1) is 0 Å². The van der Waals surface area contributed by atoms with E-state index in [0.29, 0.717) is 19.5 Å². The zero-order valence-corrected chi connectivity index (χ0v) is 11.2. The minimum atomic E-state index is -0.938. The third-order valence-electron chi connectivity index (χ3n) is 2.47. The lowest BCUT2D eigenvalue weighted by molar-refractivity contribution is 0.0697. The number of halogens is 1. The molecule has 0 saturated heterocycles. The molecular weight excluding hydrogens is 286 g/mol. The van der Waals surface area contributed by atoms with Crippen LogP contribution in [0.3, 0.4) is 0 Å². The highest BCUT2D eigenvalue weighted by molar-refractivity contribution is 9.10. The summed E-state index contributed by atoms with van der Waals surface area (Å²) in [6, 6.07) is 4.91. The number of aromatic carboxylic acids is 1. The zero-order chi connectivity index (χ0) is 12.8. The third kappa shape index (κ3) is 4.46. The van der Waals surface area contributed by atoms with Crippen molar-refractivity contribution in [1.82, 2.24) is 5.32 Å². The molecule has 5 heteroatoms. The lowest BCUT2D eigenvalue weighted by Gasteiger charge is -2.10. The van der Waals surface area contributed by atoms with Crippen molar-refractivity contribution >= 4 is 21.9 Å². The molecule has 0 heterocycles. The van der Waals surface area contributed by atoms with Crippen LogP contribution < -0.4 is 5.32 Å². The minimum Gasteiger partial charge on any atom is -0.478 e. The largest absolute Gasteiger partial charge is 0.478 e. The third-order valence-corrected chi connectivity index (χ3v) is 3.20. The summed E-state index contributed by atoms with van der Waals surface area (Å²) in [5.41, 5.74) is 1.23. The molecule has 0 amide bonds. The summed E-state index contributed by atoms with van der Waals surface area (Å²) in [5, 5.41) is 21.3. The van der Waals surface area contributed by atoms with E-state index in [2.05, 4.69) is 21.2 Å². The second kappa shape index (κ2) is 6.74. The summed E-state index contributed by atoms with van der Waals surface area (Å²) in [6.07, 6.45) is 0.374. The summed E-state index contributed by atoms with van der Waals surface area (Å²) in [7, 11) is 0. The Morgan fingerprint density at radius 3 is 2.76 bits per heavy atom. The number of hydrogen-bond acceptors (Lipinski definition) is 3. The van der Waals surface area contributed by atoms with Crippen molar-refractivity contribution in [2.75, 3.05) is 6.54 Å². The molecule has 3 N–H and O–H groups in total. The molecule has 0 fully saturated rings. The highest BCUT2D eigenvalue weighted by atomic mass is 79.9. The van der Waals surface area contributed by atoms with E-state index in [1.165, 1.54) is 0 Å². The SMILES string of the molecule is CCC(O)CNCc1ccc(C(=O)O)cc1Br. The Bertz CT molecular complexity index is 395. The normalized spacial score (nSPS) is 12.4. The molecule has 1 aromatic rings. The van der Waals surface area contributed by atoms with Crippen LogP contribution in [0.25, 0.3) is 0 Å². The predicted octanol–water partition coefficient (Wildman–Crippen LogP) is 2.01. The molecule has 0 aromatic heterocycles. The van der Waals surface area contributed by atoms with Crippen molar-refractivity contribution in [2.45, 2.75) is 26.0 Å².